The van der Waals surface area contributed by atoms with Crippen LogP contribution in [0.1, 0.15) is 26.7 Å². The van der Waals surface area contributed by atoms with Crippen LogP contribution in [0.15, 0.2) is 18.2 Å². The van der Waals surface area contributed by atoms with Gasteiger partial charge in [0, 0.05) is 11.8 Å². The molecule has 5 heteroatoms. The van der Waals surface area contributed by atoms with Crippen LogP contribution in [0.2, 0.25) is 0 Å². The van der Waals surface area contributed by atoms with Gasteiger partial charge in [-0.25, -0.2) is 0 Å². The summed E-state index contributed by atoms with van der Waals surface area (Å²) < 4.78 is 10.5. The zero-order valence-electron chi connectivity index (χ0n) is 12.9. The number of methoxy groups -OCH3 is 2. The summed E-state index contributed by atoms with van der Waals surface area (Å²) in [6.45, 7) is 4.07. The third kappa shape index (κ3) is 4.27. The smallest absolute Gasteiger partial charge is 0.171 e. The predicted octanol–water partition coefficient (Wildman–Crippen LogP) is 3.18. The second-order valence-corrected chi connectivity index (χ2v) is 4.99. The van der Waals surface area contributed by atoms with Crippen molar-refractivity contribution in [2.45, 2.75) is 32.2 Å². The van der Waals surface area contributed by atoms with Crippen LogP contribution in [-0.2, 0) is 0 Å². The minimum Gasteiger partial charge on any atom is -0.493 e. The lowest BCUT2D eigenvalue weighted by Crippen LogP contribution is -2.48. The first-order valence-electron chi connectivity index (χ1n) is 6.83. The summed E-state index contributed by atoms with van der Waals surface area (Å²) in [5.74, 6) is 4.10. The third-order valence-electron chi connectivity index (χ3n) is 3.48. The average molecular weight is 306 g/mol. The van der Waals surface area contributed by atoms with Gasteiger partial charge >= 0.3 is 0 Å². The number of ether oxygens (including phenoxy) is 2. The zero-order valence-corrected chi connectivity index (χ0v) is 13.8. The number of hydrogen-bond acceptors (Lipinski definition) is 3. The fraction of sp³-hybridized carbons (Fsp3) is 0.438. The quantitative estimate of drug-likeness (QED) is 0.624. The van der Waals surface area contributed by atoms with E-state index in [1.165, 1.54) is 0 Å². The molecule has 0 saturated carbocycles. The maximum Gasteiger partial charge on any atom is 0.171 e. The molecule has 0 fully saturated rings. The van der Waals surface area contributed by atoms with Gasteiger partial charge in [-0.05, 0) is 37.2 Å². The number of benzene rings is 1. The molecule has 0 aliphatic heterocycles. The molecule has 4 nitrogen and oxygen atoms in total. The van der Waals surface area contributed by atoms with E-state index in [1.807, 2.05) is 32.0 Å². The summed E-state index contributed by atoms with van der Waals surface area (Å²) in [5.41, 5.74) is 0.393. The van der Waals surface area contributed by atoms with Crippen molar-refractivity contribution >= 4 is 23.0 Å². The van der Waals surface area contributed by atoms with Gasteiger partial charge < -0.3 is 20.1 Å². The minimum atomic E-state index is -0.416. The lowest BCUT2D eigenvalue weighted by Gasteiger charge is -2.28. The number of nitrogens with one attached hydrogen (secondary N) is 2. The molecule has 0 spiro atoms. The molecule has 0 saturated heterocycles. The molecule has 21 heavy (non-hydrogen) atoms. The summed E-state index contributed by atoms with van der Waals surface area (Å²) in [4.78, 5) is 0. The topological polar surface area (TPSA) is 42.5 Å². The van der Waals surface area contributed by atoms with Gasteiger partial charge in [0.1, 0.15) is 0 Å². The van der Waals surface area contributed by atoms with E-state index in [4.69, 9.17) is 28.1 Å². The lowest BCUT2D eigenvalue weighted by molar-refractivity contribution is 0.355. The number of hydrogen-bond donors (Lipinski definition) is 2. The van der Waals surface area contributed by atoms with Crippen LogP contribution >= 0.6 is 12.2 Å². The Morgan fingerprint density at radius 3 is 2.33 bits per heavy atom. The van der Waals surface area contributed by atoms with Crippen LogP contribution in [0.4, 0.5) is 5.69 Å². The minimum absolute atomic E-state index is 0.416. The largest absolute Gasteiger partial charge is 0.493 e. The van der Waals surface area contributed by atoms with Crippen molar-refractivity contribution in [3.8, 4) is 23.8 Å². The Hall–Kier alpha value is -1.93. The van der Waals surface area contributed by atoms with E-state index < -0.39 is 5.54 Å². The summed E-state index contributed by atoms with van der Waals surface area (Å²) in [5, 5.41) is 6.81. The molecule has 0 aromatic heterocycles. The van der Waals surface area contributed by atoms with Gasteiger partial charge in [0.15, 0.2) is 16.6 Å². The van der Waals surface area contributed by atoms with Crippen molar-refractivity contribution in [3.63, 3.8) is 0 Å². The third-order valence-corrected chi connectivity index (χ3v) is 3.68. The Morgan fingerprint density at radius 1 is 1.24 bits per heavy atom. The number of rotatable bonds is 6. The first kappa shape index (κ1) is 17.1. The first-order chi connectivity index (χ1) is 10.0. The highest BCUT2D eigenvalue weighted by molar-refractivity contribution is 7.80. The fourth-order valence-corrected chi connectivity index (χ4v) is 2.27. The van der Waals surface area contributed by atoms with Crippen molar-refractivity contribution in [2.75, 3.05) is 19.5 Å². The molecule has 2 N–H and O–H groups in total. The SMILES string of the molecule is C#CC(CC)(CC)NC(=S)Nc1ccc(OC)c(OC)c1. The van der Waals surface area contributed by atoms with E-state index >= 15 is 0 Å². The van der Waals surface area contributed by atoms with Crippen LogP contribution in [0.3, 0.4) is 0 Å². The molecule has 0 unspecified atom stereocenters. The Kier molecular flexibility index (Phi) is 6.32. The van der Waals surface area contributed by atoms with Crippen molar-refractivity contribution in [1.82, 2.24) is 5.32 Å². The molecule has 0 bridgehead atoms. The Bertz CT molecular complexity index is 534. The maximum atomic E-state index is 5.62. The molecule has 0 atom stereocenters. The number of terminal acetylenes is 1. The number of thiocarbonyl (C=S) groups is 1. The van der Waals surface area contributed by atoms with E-state index in [2.05, 4.69) is 16.6 Å². The maximum absolute atomic E-state index is 5.62. The molecule has 0 amide bonds. The molecule has 0 aliphatic carbocycles. The van der Waals surface area contributed by atoms with Gasteiger partial charge in [-0.15, -0.1) is 6.42 Å². The highest BCUT2D eigenvalue weighted by Crippen LogP contribution is 2.29. The molecule has 1 rings (SSSR count). The lowest BCUT2D eigenvalue weighted by atomic mass is 9.94. The summed E-state index contributed by atoms with van der Waals surface area (Å²) >= 11 is 5.33. The van der Waals surface area contributed by atoms with Crippen LogP contribution in [-0.4, -0.2) is 24.9 Å². The Morgan fingerprint density at radius 2 is 1.86 bits per heavy atom. The van der Waals surface area contributed by atoms with Crippen molar-refractivity contribution in [3.05, 3.63) is 18.2 Å². The second-order valence-electron chi connectivity index (χ2n) is 4.58. The van der Waals surface area contributed by atoms with Gasteiger partial charge in [0.2, 0.25) is 0 Å². The number of anilines is 1. The molecule has 0 radical (unpaired) electrons. The molecule has 114 valence electrons. The molecular formula is C16H22N2O2S. The summed E-state index contributed by atoms with van der Waals surface area (Å²) in [6.07, 6.45) is 7.22. The van der Waals surface area contributed by atoms with Crippen LogP contribution in [0.25, 0.3) is 0 Å². The van der Waals surface area contributed by atoms with Crippen LogP contribution in [0, 0.1) is 12.3 Å². The van der Waals surface area contributed by atoms with Crippen molar-refractivity contribution in [2.24, 2.45) is 0 Å². The van der Waals surface area contributed by atoms with Gasteiger partial charge in [0.05, 0.1) is 19.8 Å². The average Bonchev–Trinajstić information content (AvgIpc) is 2.52. The van der Waals surface area contributed by atoms with E-state index in [9.17, 15) is 0 Å². The normalized spacial score (nSPS) is 10.4. The van der Waals surface area contributed by atoms with Crippen molar-refractivity contribution in [1.29, 1.82) is 0 Å². The zero-order chi connectivity index (χ0) is 15.9. The van der Waals surface area contributed by atoms with E-state index in [1.54, 1.807) is 14.2 Å². The predicted molar refractivity (Wildman–Crippen MR) is 91.0 cm³/mol. The monoisotopic (exact) mass is 306 g/mol. The van der Waals surface area contributed by atoms with Crippen molar-refractivity contribution < 1.29 is 9.47 Å². The second kappa shape index (κ2) is 7.75. The van der Waals surface area contributed by atoms with Crippen LogP contribution in [0.5, 0.6) is 11.5 Å². The summed E-state index contributed by atoms with van der Waals surface area (Å²) in [6, 6.07) is 5.50. The standard InChI is InChI=1S/C16H22N2O2S/c1-6-16(7-2,8-3)18-15(21)17-12-9-10-13(19-4)14(11-12)20-5/h1,9-11H,7-8H2,2-5H3,(H2,17,18,21). The van der Waals surface area contributed by atoms with Gasteiger partial charge in [-0.2, -0.15) is 0 Å². The molecule has 1 aromatic carbocycles. The van der Waals surface area contributed by atoms with E-state index in [0.29, 0.717) is 16.6 Å². The van der Waals surface area contributed by atoms with Gasteiger partial charge in [-0.1, -0.05) is 19.8 Å². The molecule has 1 aromatic rings. The summed E-state index contributed by atoms with van der Waals surface area (Å²) in [7, 11) is 3.19. The molecular weight excluding hydrogens is 284 g/mol. The van der Waals surface area contributed by atoms with Crippen LogP contribution < -0.4 is 20.1 Å². The molecule has 0 heterocycles. The fourth-order valence-electron chi connectivity index (χ4n) is 1.96. The first-order valence-corrected chi connectivity index (χ1v) is 7.24. The van der Waals surface area contributed by atoms with E-state index in [-0.39, 0.29) is 0 Å². The Balaban J connectivity index is 2.82. The highest BCUT2D eigenvalue weighted by atomic mass is 32.1. The van der Waals surface area contributed by atoms with Gasteiger partial charge in [-0.3, -0.25) is 0 Å². The highest BCUT2D eigenvalue weighted by Gasteiger charge is 2.23. The van der Waals surface area contributed by atoms with E-state index in [0.717, 1.165) is 18.5 Å². The Labute approximate surface area is 132 Å². The molecule has 0 aliphatic rings. The van der Waals surface area contributed by atoms with Gasteiger partial charge in [0.25, 0.3) is 0 Å².